The molecule has 1 aromatic rings. The van der Waals surface area contributed by atoms with Crippen LogP contribution in [0, 0.1) is 12.8 Å². The highest BCUT2D eigenvalue weighted by molar-refractivity contribution is 5.59. The molecule has 1 aromatic carbocycles. The number of aryl methyl sites for hydroxylation is 1. The van der Waals surface area contributed by atoms with Gasteiger partial charge in [-0.25, -0.2) is 0 Å². The fourth-order valence-corrected chi connectivity index (χ4v) is 1.62. The van der Waals surface area contributed by atoms with E-state index in [-0.39, 0.29) is 0 Å². The molecule has 0 radical (unpaired) electrons. The van der Waals surface area contributed by atoms with Crippen LogP contribution in [-0.4, -0.2) is 19.8 Å². The van der Waals surface area contributed by atoms with Gasteiger partial charge in [-0.05, 0) is 43.4 Å². The van der Waals surface area contributed by atoms with Crippen LogP contribution >= 0.6 is 0 Å². The van der Waals surface area contributed by atoms with Gasteiger partial charge >= 0.3 is 0 Å². The van der Waals surface area contributed by atoms with E-state index in [2.05, 4.69) is 12.2 Å². The molecule has 0 unspecified atom stereocenters. The molecule has 0 spiro atoms. The zero-order chi connectivity index (χ0) is 11.4. The maximum absolute atomic E-state index is 5.73. The summed E-state index contributed by atoms with van der Waals surface area (Å²) in [5.74, 6) is 0.842. The van der Waals surface area contributed by atoms with Crippen molar-refractivity contribution in [3.63, 3.8) is 0 Å². The minimum absolute atomic E-state index is 0.769. The minimum Gasteiger partial charge on any atom is -0.399 e. The lowest BCUT2D eigenvalue weighted by molar-refractivity contribution is 0.134. The second kappa shape index (κ2) is 5.21. The van der Waals surface area contributed by atoms with Crippen molar-refractivity contribution in [2.45, 2.75) is 19.8 Å². The Morgan fingerprint density at radius 3 is 3.00 bits per heavy atom. The largest absolute Gasteiger partial charge is 0.399 e. The molecule has 3 N–H and O–H groups in total. The second-order valence-corrected chi connectivity index (χ2v) is 4.52. The first-order valence-corrected chi connectivity index (χ1v) is 5.93. The molecule has 3 heteroatoms. The third-order valence-electron chi connectivity index (χ3n) is 2.87. The lowest BCUT2D eigenvalue weighted by Crippen LogP contribution is -2.11. The molecule has 1 fully saturated rings. The number of hydrogen-bond acceptors (Lipinski definition) is 3. The standard InChI is InChI=1S/C13H20N2O/c1-10-2-5-12(14)8-13(10)15-6-7-16-9-11-3-4-11/h2,5,8,11,15H,3-4,6-7,9,14H2,1H3. The van der Waals surface area contributed by atoms with Crippen molar-refractivity contribution in [1.29, 1.82) is 0 Å². The van der Waals surface area contributed by atoms with Gasteiger partial charge in [-0.1, -0.05) is 6.07 Å². The number of hydrogen-bond donors (Lipinski definition) is 2. The summed E-state index contributed by atoms with van der Waals surface area (Å²) in [6, 6.07) is 5.92. The Morgan fingerprint density at radius 2 is 2.25 bits per heavy atom. The van der Waals surface area contributed by atoms with Crippen molar-refractivity contribution < 1.29 is 4.74 Å². The fourth-order valence-electron chi connectivity index (χ4n) is 1.62. The van der Waals surface area contributed by atoms with Crippen molar-refractivity contribution in [2.75, 3.05) is 30.8 Å². The van der Waals surface area contributed by atoms with Crippen molar-refractivity contribution in [3.8, 4) is 0 Å². The summed E-state index contributed by atoms with van der Waals surface area (Å²) in [5, 5.41) is 3.34. The smallest absolute Gasteiger partial charge is 0.0639 e. The van der Waals surface area contributed by atoms with Crippen LogP contribution in [0.4, 0.5) is 11.4 Å². The van der Waals surface area contributed by atoms with Gasteiger partial charge in [-0.2, -0.15) is 0 Å². The summed E-state index contributed by atoms with van der Waals surface area (Å²) in [6.07, 6.45) is 2.70. The highest BCUT2D eigenvalue weighted by atomic mass is 16.5. The molecule has 3 nitrogen and oxygen atoms in total. The normalized spacial score (nSPS) is 15.1. The van der Waals surface area contributed by atoms with Crippen molar-refractivity contribution in [2.24, 2.45) is 5.92 Å². The highest BCUT2D eigenvalue weighted by Gasteiger charge is 2.20. The Kier molecular flexibility index (Phi) is 3.67. The molecule has 0 heterocycles. The predicted octanol–water partition coefficient (Wildman–Crippen LogP) is 2.42. The lowest BCUT2D eigenvalue weighted by Gasteiger charge is -2.10. The van der Waals surface area contributed by atoms with E-state index in [0.29, 0.717) is 0 Å². The molecule has 1 aliphatic rings. The van der Waals surface area contributed by atoms with E-state index in [4.69, 9.17) is 10.5 Å². The number of nitrogens with one attached hydrogen (secondary N) is 1. The number of benzene rings is 1. The number of rotatable bonds is 6. The molecule has 1 saturated carbocycles. The van der Waals surface area contributed by atoms with Gasteiger partial charge in [-0.15, -0.1) is 0 Å². The molecule has 0 bridgehead atoms. The number of ether oxygens (including phenoxy) is 1. The van der Waals surface area contributed by atoms with E-state index in [1.807, 2.05) is 18.2 Å². The summed E-state index contributed by atoms with van der Waals surface area (Å²) >= 11 is 0. The summed E-state index contributed by atoms with van der Waals surface area (Å²) in [7, 11) is 0. The van der Waals surface area contributed by atoms with E-state index in [0.717, 1.165) is 37.1 Å². The highest BCUT2D eigenvalue weighted by Crippen LogP contribution is 2.28. The Labute approximate surface area is 97.0 Å². The van der Waals surface area contributed by atoms with E-state index in [1.165, 1.54) is 18.4 Å². The van der Waals surface area contributed by atoms with E-state index in [9.17, 15) is 0 Å². The first-order valence-electron chi connectivity index (χ1n) is 5.93. The quantitative estimate of drug-likeness (QED) is 0.571. The van der Waals surface area contributed by atoms with E-state index >= 15 is 0 Å². The number of nitrogens with two attached hydrogens (primary N) is 1. The van der Waals surface area contributed by atoms with Crippen LogP contribution in [0.25, 0.3) is 0 Å². The van der Waals surface area contributed by atoms with Gasteiger partial charge in [0.15, 0.2) is 0 Å². The van der Waals surface area contributed by atoms with Crippen LogP contribution < -0.4 is 11.1 Å². The zero-order valence-electron chi connectivity index (χ0n) is 9.83. The lowest BCUT2D eigenvalue weighted by atomic mass is 10.2. The monoisotopic (exact) mass is 220 g/mol. The van der Waals surface area contributed by atoms with Gasteiger partial charge in [0.25, 0.3) is 0 Å². The maximum Gasteiger partial charge on any atom is 0.0639 e. The van der Waals surface area contributed by atoms with Gasteiger partial charge < -0.3 is 15.8 Å². The topological polar surface area (TPSA) is 47.3 Å². The zero-order valence-corrected chi connectivity index (χ0v) is 9.83. The molecular weight excluding hydrogens is 200 g/mol. The van der Waals surface area contributed by atoms with Crippen LogP contribution in [0.5, 0.6) is 0 Å². The van der Waals surface area contributed by atoms with Crippen LogP contribution in [0.1, 0.15) is 18.4 Å². The molecule has 16 heavy (non-hydrogen) atoms. The third kappa shape index (κ3) is 3.42. The van der Waals surface area contributed by atoms with Gasteiger partial charge in [0.1, 0.15) is 0 Å². The Morgan fingerprint density at radius 1 is 1.44 bits per heavy atom. The first kappa shape index (κ1) is 11.3. The van der Waals surface area contributed by atoms with Crippen LogP contribution in [0.15, 0.2) is 18.2 Å². The first-order chi connectivity index (χ1) is 7.75. The summed E-state index contributed by atoms with van der Waals surface area (Å²) in [4.78, 5) is 0. The second-order valence-electron chi connectivity index (χ2n) is 4.52. The molecule has 0 saturated heterocycles. The molecule has 0 aromatic heterocycles. The summed E-state index contributed by atoms with van der Waals surface area (Å²) < 4.78 is 5.56. The molecule has 1 aliphatic carbocycles. The average molecular weight is 220 g/mol. The summed E-state index contributed by atoms with van der Waals surface area (Å²) in [5.41, 5.74) is 8.86. The van der Waals surface area contributed by atoms with Crippen molar-refractivity contribution in [1.82, 2.24) is 0 Å². The number of nitrogen functional groups attached to an aromatic ring is 1. The molecule has 0 atom stereocenters. The third-order valence-corrected chi connectivity index (χ3v) is 2.87. The van der Waals surface area contributed by atoms with E-state index in [1.54, 1.807) is 0 Å². The molecular formula is C13H20N2O. The van der Waals surface area contributed by atoms with E-state index < -0.39 is 0 Å². The fraction of sp³-hybridized carbons (Fsp3) is 0.538. The van der Waals surface area contributed by atoms with Gasteiger partial charge in [0.2, 0.25) is 0 Å². The molecule has 0 aliphatic heterocycles. The van der Waals surface area contributed by atoms with Crippen LogP contribution in [0.2, 0.25) is 0 Å². The van der Waals surface area contributed by atoms with Crippen molar-refractivity contribution in [3.05, 3.63) is 23.8 Å². The van der Waals surface area contributed by atoms with Gasteiger partial charge in [0, 0.05) is 24.5 Å². The summed E-state index contributed by atoms with van der Waals surface area (Å²) in [6.45, 7) is 4.62. The van der Waals surface area contributed by atoms with Crippen molar-refractivity contribution >= 4 is 11.4 Å². The molecule has 0 amide bonds. The maximum atomic E-state index is 5.73. The SMILES string of the molecule is Cc1ccc(N)cc1NCCOCC1CC1. The van der Waals surface area contributed by atoms with Gasteiger partial charge in [-0.3, -0.25) is 0 Å². The Hall–Kier alpha value is -1.22. The van der Waals surface area contributed by atoms with Gasteiger partial charge in [0.05, 0.1) is 6.61 Å². The minimum atomic E-state index is 0.769. The van der Waals surface area contributed by atoms with Crippen LogP contribution in [0.3, 0.4) is 0 Å². The molecule has 2 rings (SSSR count). The van der Waals surface area contributed by atoms with Crippen LogP contribution in [-0.2, 0) is 4.74 Å². The Balaban J connectivity index is 1.69. The number of anilines is 2. The molecule has 88 valence electrons. The average Bonchev–Trinajstić information content (AvgIpc) is 3.06. The predicted molar refractivity (Wildman–Crippen MR) is 67.6 cm³/mol. The Bertz CT molecular complexity index is 348.